The average Bonchev–Trinajstić information content (AvgIpc) is 3.21. The molecule has 0 bridgehead atoms. The maximum atomic E-state index is 12.7. The summed E-state index contributed by atoms with van der Waals surface area (Å²) in [5.41, 5.74) is 0. The van der Waals surface area contributed by atoms with Gasteiger partial charge in [0, 0.05) is 12.8 Å². The molecule has 0 saturated heterocycles. The molecular formula is C50H84NO9P. The third-order valence-corrected chi connectivity index (χ3v) is 10.2. The summed E-state index contributed by atoms with van der Waals surface area (Å²) in [7, 11) is 1.01. The van der Waals surface area contributed by atoms with Crippen molar-refractivity contribution < 1.29 is 47.2 Å². The first-order chi connectivity index (χ1) is 29.4. The fourth-order valence-corrected chi connectivity index (χ4v) is 6.30. The van der Waals surface area contributed by atoms with E-state index in [1.54, 1.807) is 12.2 Å². The smallest absolute Gasteiger partial charge is 0.306 e. The third kappa shape index (κ3) is 44.7. The Hall–Kier alpha value is -3.11. The molecule has 11 heteroatoms. The van der Waals surface area contributed by atoms with Gasteiger partial charge in [0.05, 0.1) is 33.9 Å². The lowest BCUT2D eigenvalue weighted by molar-refractivity contribution is -0.870. The van der Waals surface area contributed by atoms with Crippen molar-refractivity contribution >= 4 is 19.8 Å². The fourth-order valence-electron chi connectivity index (χ4n) is 5.57. The summed E-state index contributed by atoms with van der Waals surface area (Å²) in [5.74, 6) is -1.08. The number of aliphatic hydroxyl groups excluding tert-OH is 1. The van der Waals surface area contributed by atoms with E-state index in [0.717, 1.165) is 64.2 Å². The van der Waals surface area contributed by atoms with Crippen LogP contribution in [0, 0.1) is 0 Å². The second kappa shape index (κ2) is 40.9. The highest BCUT2D eigenvalue weighted by atomic mass is 31.2. The number of aliphatic hydroxyl groups is 1. The van der Waals surface area contributed by atoms with Crippen molar-refractivity contribution in [3.8, 4) is 0 Å². The van der Waals surface area contributed by atoms with Crippen LogP contribution in [-0.4, -0.2) is 81.2 Å². The van der Waals surface area contributed by atoms with Gasteiger partial charge in [0.25, 0.3) is 7.82 Å². The number of unbranched alkanes of at least 4 members (excludes halogenated alkanes) is 9. The van der Waals surface area contributed by atoms with E-state index in [0.29, 0.717) is 30.3 Å². The molecule has 0 aromatic carbocycles. The van der Waals surface area contributed by atoms with E-state index in [2.05, 4.69) is 86.8 Å². The molecule has 61 heavy (non-hydrogen) atoms. The topological polar surface area (TPSA) is 131 Å². The van der Waals surface area contributed by atoms with E-state index >= 15 is 0 Å². The molecule has 1 N–H and O–H groups in total. The Bertz CT molecular complexity index is 1370. The van der Waals surface area contributed by atoms with E-state index in [4.69, 9.17) is 18.5 Å². The van der Waals surface area contributed by atoms with Crippen LogP contribution in [0.3, 0.4) is 0 Å². The van der Waals surface area contributed by atoms with Gasteiger partial charge in [-0.25, -0.2) is 0 Å². The molecule has 0 radical (unpaired) electrons. The fraction of sp³-hybridized carbons (Fsp3) is 0.640. The predicted octanol–water partition coefficient (Wildman–Crippen LogP) is 11.7. The number of nitrogens with zero attached hydrogens (tertiary/aromatic N) is 1. The zero-order valence-corrected chi connectivity index (χ0v) is 39.6. The largest absolute Gasteiger partial charge is 0.756 e. The molecule has 0 aliphatic heterocycles. The van der Waals surface area contributed by atoms with Crippen LogP contribution in [0.1, 0.15) is 149 Å². The zero-order valence-electron chi connectivity index (χ0n) is 38.7. The molecule has 0 aliphatic rings. The minimum absolute atomic E-state index is 0.0124. The van der Waals surface area contributed by atoms with Crippen molar-refractivity contribution in [2.24, 2.45) is 0 Å². The maximum absolute atomic E-state index is 12.7. The molecule has 0 rings (SSSR count). The molecule has 0 aromatic heterocycles. The van der Waals surface area contributed by atoms with Crippen LogP contribution < -0.4 is 4.89 Å². The van der Waals surface area contributed by atoms with Gasteiger partial charge >= 0.3 is 11.9 Å². The van der Waals surface area contributed by atoms with Gasteiger partial charge in [0.1, 0.15) is 19.8 Å². The van der Waals surface area contributed by atoms with E-state index in [9.17, 15) is 24.2 Å². The number of likely N-dealkylation sites (N-methyl/N-ethyl adjacent to an activating group) is 1. The number of phosphoric ester groups is 1. The summed E-state index contributed by atoms with van der Waals surface area (Å²) in [5, 5.41) is 10.3. The van der Waals surface area contributed by atoms with Crippen molar-refractivity contribution in [2.45, 2.75) is 161 Å². The lowest BCUT2D eigenvalue weighted by Crippen LogP contribution is -2.37. The lowest BCUT2D eigenvalue weighted by Gasteiger charge is -2.28. The first kappa shape index (κ1) is 57.9. The summed E-state index contributed by atoms with van der Waals surface area (Å²) in [6, 6.07) is 0. The number of carbonyl (C=O) groups excluding carboxylic acids is 2. The Morgan fingerprint density at radius 2 is 1.15 bits per heavy atom. The molecule has 10 nitrogen and oxygen atoms in total. The maximum Gasteiger partial charge on any atom is 0.306 e. The zero-order chi connectivity index (χ0) is 45.1. The van der Waals surface area contributed by atoms with Gasteiger partial charge in [-0.05, 0) is 83.5 Å². The lowest BCUT2D eigenvalue weighted by atomic mass is 10.1. The van der Waals surface area contributed by atoms with Crippen molar-refractivity contribution in [3.63, 3.8) is 0 Å². The second-order valence-electron chi connectivity index (χ2n) is 16.2. The number of allylic oxidation sites excluding steroid dienone is 15. The molecule has 0 fully saturated rings. The number of quaternary nitrogens is 1. The van der Waals surface area contributed by atoms with E-state index < -0.39 is 38.6 Å². The average molecular weight is 874 g/mol. The molecular weight excluding hydrogens is 790 g/mol. The van der Waals surface area contributed by atoms with Crippen LogP contribution in [0.15, 0.2) is 97.2 Å². The molecule has 0 spiro atoms. The second-order valence-corrected chi connectivity index (χ2v) is 17.6. The predicted molar refractivity (Wildman–Crippen MR) is 251 cm³/mol. The SMILES string of the molecule is CC/C=C\C/C=C\C/C=C\C/C=C\C/C=C\CCCCCC(=O)OC[C@H](COP(=O)([O-])OCC[N+](C)(C)C)OC(=O)CCCC(O)/C=C/C=C/C/C=C/CCCCCCCC. The van der Waals surface area contributed by atoms with Crippen LogP contribution >= 0.6 is 7.82 Å². The Morgan fingerprint density at radius 1 is 0.623 bits per heavy atom. The van der Waals surface area contributed by atoms with Gasteiger partial charge in [-0.2, -0.15) is 0 Å². The Kier molecular flexibility index (Phi) is 38.8. The highest BCUT2D eigenvalue weighted by Crippen LogP contribution is 2.38. The summed E-state index contributed by atoms with van der Waals surface area (Å²) in [6.45, 7) is 3.82. The third-order valence-electron chi connectivity index (χ3n) is 9.19. The highest BCUT2D eigenvalue weighted by molar-refractivity contribution is 7.45. The number of esters is 2. The van der Waals surface area contributed by atoms with Crippen LogP contribution in [0.5, 0.6) is 0 Å². The van der Waals surface area contributed by atoms with Crippen molar-refractivity contribution in [2.75, 3.05) is 47.5 Å². The molecule has 0 aliphatic carbocycles. The van der Waals surface area contributed by atoms with E-state index in [1.165, 1.54) is 38.5 Å². The number of phosphoric acid groups is 1. The molecule has 0 amide bonds. The number of ether oxygens (including phenoxy) is 2. The summed E-state index contributed by atoms with van der Waals surface area (Å²) >= 11 is 0. The van der Waals surface area contributed by atoms with Crippen LogP contribution in [-0.2, 0) is 32.7 Å². The van der Waals surface area contributed by atoms with Gasteiger partial charge in [0.15, 0.2) is 6.10 Å². The van der Waals surface area contributed by atoms with Crippen molar-refractivity contribution in [1.82, 2.24) is 0 Å². The minimum atomic E-state index is -4.69. The number of rotatable bonds is 40. The standard InChI is InChI=1S/C50H84NO9P/c1-6-8-10-12-14-16-18-20-21-22-23-24-25-27-29-31-33-35-37-41-49(53)57-45-48(46-59-61(55,56)58-44-43-51(3,4)5)60-50(54)42-38-40-47(52)39-36-34-32-30-28-26-19-17-15-13-11-9-7-2/h8,10,14,16,20-21,23-24,26-29,32,34,36,39,47-48,52H,6-7,9,11-13,15,17-19,22,25,30-31,33,35,37-38,40-46H2,1-5H3/b10-8-,16-14-,21-20-,24-23-,28-26+,29-27-,34-32+,39-36+/t47?,48-/m1/s1. The van der Waals surface area contributed by atoms with Gasteiger partial charge in [-0.1, -0.05) is 150 Å². The number of hydrogen-bond acceptors (Lipinski definition) is 9. The van der Waals surface area contributed by atoms with Gasteiger partial charge in [0.2, 0.25) is 0 Å². The normalized spacial score (nSPS) is 14.9. The quantitative estimate of drug-likeness (QED) is 0.0160. The molecule has 0 saturated carbocycles. The van der Waals surface area contributed by atoms with E-state index in [1.807, 2.05) is 33.3 Å². The molecule has 348 valence electrons. The van der Waals surface area contributed by atoms with Crippen LogP contribution in [0.25, 0.3) is 0 Å². The van der Waals surface area contributed by atoms with Crippen molar-refractivity contribution in [1.29, 1.82) is 0 Å². The van der Waals surface area contributed by atoms with Gasteiger partial charge in [-0.3, -0.25) is 14.2 Å². The van der Waals surface area contributed by atoms with Gasteiger partial charge in [-0.15, -0.1) is 0 Å². The monoisotopic (exact) mass is 874 g/mol. The molecule has 2 unspecified atom stereocenters. The molecule has 3 atom stereocenters. The van der Waals surface area contributed by atoms with Crippen LogP contribution in [0.2, 0.25) is 0 Å². The summed E-state index contributed by atoms with van der Waals surface area (Å²) in [4.78, 5) is 37.6. The first-order valence-corrected chi connectivity index (χ1v) is 24.5. The Labute approximate surface area is 371 Å². The van der Waals surface area contributed by atoms with Crippen LogP contribution in [0.4, 0.5) is 0 Å². The summed E-state index contributed by atoms with van der Waals surface area (Å²) in [6.07, 6.45) is 50.4. The number of hydrogen-bond donors (Lipinski definition) is 1. The highest BCUT2D eigenvalue weighted by Gasteiger charge is 2.22. The Balaban J connectivity index is 4.59. The number of carbonyl (C=O) groups is 2. The molecule has 0 aromatic rings. The van der Waals surface area contributed by atoms with Gasteiger partial charge < -0.3 is 33.0 Å². The summed E-state index contributed by atoms with van der Waals surface area (Å²) < 4.78 is 33.7. The Morgan fingerprint density at radius 3 is 1.74 bits per heavy atom. The van der Waals surface area contributed by atoms with E-state index in [-0.39, 0.29) is 26.1 Å². The minimum Gasteiger partial charge on any atom is -0.756 e. The first-order valence-electron chi connectivity index (χ1n) is 23.1. The molecule has 0 heterocycles. The van der Waals surface area contributed by atoms with Crippen molar-refractivity contribution in [3.05, 3.63) is 97.2 Å².